The Hall–Kier alpha value is -2.08. The van der Waals surface area contributed by atoms with Gasteiger partial charge in [-0.05, 0) is 43.4 Å². The van der Waals surface area contributed by atoms with E-state index in [1.165, 1.54) is 0 Å². The molecular formula is C17H22N4O2. The Morgan fingerprint density at radius 2 is 1.87 bits per heavy atom. The summed E-state index contributed by atoms with van der Waals surface area (Å²) in [5.74, 6) is 0.694. The first-order valence-electron chi connectivity index (χ1n) is 8.42. The second kappa shape index (κ2) is 5.85. The van der Waals surface area contributed by atoms with E-state index >= 15 is 0 Å². The number of amides is 1. The van der Waals surface area contributed by atoms with Gasteiger partial charge in [-0.1, -0.05) is 6.07 Å². The Balaban J connectivity index is 1.30. The normalized spacial score (nSPS) is 19.4. The van der Waals surface area contributed by atoms with E-state index < -0.39 is 0 Å². The predicted molar refractivity (Wildman–Crippen MR) is 88.1 cm³/mol. The minimum absolute atomic E-state index is 0.169. The van der Waals surface area contributed by atoms with Crippen LogP contribution in [0.5, 0.6) is 0 Å². The summed E-state index contributed by atoms with van der Waals surface area (Å²) in [5, 5.41) is 3.57. The minimum atomic E-state index is -0.169. The molecular weight excluding hydrogens is 292 g/mol. The molecule has 1 saturated heterocycles. The van der Waals surface area contributed by atoms with E-state index in [9.17, 15) is 9.59 Å². The van der Waals surface area contributed by atoms with Crippen molar-refractivity contribution in [1.29, 1.82) is 0 Å². The molecule has 6 nitrogen and oxygen atoms in total. The van der Waals surface area contributed by atoms with Crippen molar-refractivity contribution < 1.29 is 4.79 Å². The number of imidazole rings is 1. The number of hydrogen-bond acceptors (Lipinski definition) is 3. The Labute approximate surface area is 134 Å². The van der Waals surface area contributed by atoms with E-state index in [-0.39, 0.29) is 5.69 Å². The van der Waals surface area contributed by atoms with E-state index in [1.54, 1.807) is 0 Å². The maximum absolute atomic E-state index is 12.0. The van der Waals surface area contributed by atoms with Crippen LogP contribution in [0.15, 0.2) is 23.0 Å². The van der Waals surface area contributed by atoms with E-state index in [0.717, 1.165) is 61.9 Å². The monoisotopic (exact) mass is 314 g/mol. The van der Waals surface area contributed by atoms with Crippen LogP contribution in [0, 0.1) is 5.92 Å². The summed E-state index contributed by atoms with van der Waals surface area (Å²) < 4.78 is 0. The number of H-pyrrole nitrogens is 2. The van der Waals surface area contributed by atoms with Crippen molar-refractivity contribution in [2.75, 3.05) is 13.1 Å². The lowest BCUT2D eigenvalue weighted by molar-refractivity contribution is -0.133. The van der Waals surface area contributed by atoms with Gasteiger partial charge in [0.2, 0.25) is 5.91 Å². The van der Waals surface area contributed by atoms with E-state index in [2.05, 4.69) is 15.3 Å². The highest BCUT2D eigenvalue weighted by Crippen LogP contribution is 2.31. The molecule has 2 heterocycles. The molecule has 0 atom stereocenters. The fourth-order valence-corrected chi connectivity index (χ4v) is 3.34. The molecule has 0 radical (unpaired) electrons. The molecule has 23 heavy (non-hydrogen) atoms. The average Bonchev–Trinajstić information content (AvgIpc) is 3.34. The maximum atomic E-state index is 12.0. The van der Waals surface area contributed by atoms with Crippen LogP contribution < -0.4 is 11.0 Å². The lowest BCUT2D eigenvalue weighted by Gasteiger charge is -2.32. The van der Waals surface area contributed by atoms with Gasteiger partial charge in [0.25, 0.3) is 0 Å². The first-order valence-corrected chi connectivity index (χ1v) is 8.42. The topological polar surface area (TPSA) is 81.0 Å². The molecule has 1 aromatic heterocycles. The van der Waals surface area contributed by atoms with Gasteiger partial charge in [0.15, 0.2) is 0 Å². The van der Waals surface area contributed by atoms with Crippen molar-refractivity contribution >= 4 is 16.9 Å². The molecule has 2 aliphatic rings. The highest BCUT2D eigenvalue weighted by atomic mass is 16.2. The molecule has 2 aromatic rings. The number of hydrogen-bond donors (Lipinski definition) is 3. The molecule has 2 fully saturated rings. The summed E-state index contributed by atoms with van der Waals surface area (Å²) in [6.07, 6.45) is 4.20. The van der Waals surface area contributed by atoms with Gasteiger partial charge in [0.1, 0.15) is 0 Å². The lowest BCUT2D eigenvalue weighted by atomic mass is 10.0. The van der Waals surface area contributed by atoms with Crippen LogP contribution in [-0.4, -0.2) is 39.9 Å². The summed E-state index contributed by atoms with van der Waals surface area (Å²) in [6.45, 7) is 2.53. The van der Waals surface area contributed by atoms with Crippen molar-refractivity contribution in [3.05, 3.63) is 34.2 Å². The van der Waals surface area contributed by atoms with Gasteiger partial charge in [0, 0.05) is 31.6 Å². The van der Waals surface area contributed by atoms with Crippen molar-refractivity contribution in [2.24, 2.45) is 5.92 Å². The Bertz CT molecular complexity index is 766. The molecule has 1 amide bonds. The van der Waals surface area contributed by atoms with Crippen molar-refractivity contribution in [1.82, 2.24) is 20.2 Å². The number of nitrogens with zero attached hydrogens (tertiary/aromatic N) is 1. The summed E-state index contributed by atoms with van der Waals surface area (Å²) >= 11 is 0. The van der Waals surface area contributed by atoms with Crippen LogP contribution in [0.3, 0.4) is 0 Å². The molecule has 6 heteroatoms. The average molecular weight is 314 g/mol. The molecule has 3 N–H and O–H groups in total. The molecule has 0 spiro atoms. The van der Waals surface area contributed by atoms with E-state index in [0.29, 0.717) is 17.9 Å². The van der Waals surface area contributed by atoms with Gasteiger partial charge >= 0.3 is 5.69 Å². The van der Waals surface area contributed by atoms with Crippen molar-refractivity contribution in [3.63, 3.8) is 0 Å². The van der Waals surface area contributed by atoms with Gasteiger partial charge < -0.3 is 20.2 Å². The van der Waals surface area contributed by atoms with E-state index in [1.807, 2.05) is 23.1 Å². The Morgan fingerprint density at radius 3 is 2.61 bits per heavy atom. The molecule has 1 saturated carbocycles. The largest absolute Gasteiger partial charge is 0.342 e. The molecule has 1 aromatic carbocycles. The summed E-state index contributed by atoms with van der Waals surface area (Å²) in [4.78, 5) is 30.9. The highest BCUT2D eigenvalue weighted by Gasteiger charge is 2.34. The van der Waals surface area contributed by atoms with Crippen LogP contribution in [0.2, 0.25) is 0 Å². The molecule has 0 bridgehead atoms. The number of aromatic amines is 2. The number of nitrogens with one attached hydrogen (secondary N) is 3. The second-order valence-electron chi connectivity index (χ2n) is 6.71. The van der Waals surface area contributed by atoms with Crippen molar-refractivity contribution in [2.45, 2.75) is 38.3 Å². The standard InChI is InChI=1S/C17H22N4O2/c22-16(12-2-3-12)21-7-5-13(6-8-21)18-10-11-1-4-14-15(9-11)20-17(23)19-14/h1,4,9,12-13,18H,2-3,5-8,10H2,(H2,19,20,23). The molecule has 1 aliphatic heterocycles. The van der Waals surface area contributed by atoms with E-state index in [4.69, 9.17) is 0 Å². The lowest BCUT2D eigenvalue weighted by Crippen LogP contribution is -2.45. The van der Waals surface area contributed by atoms with Gasteiger partial charge in [-0.15, -0.1) is 0 Å². The SMILES string of the molecule is O=C(C1CC1)N1CCC(NCc2ccc3[nH]c(=O)[nH]c3c2)CC1. The van der Waals surface area contributed by atoms with Crippen LogP contribution in [0.1, 0.15) is 31.2 Å². The zero-order valence-corrected chi connectivity index (χ0v) is 13.1. The maximum Gasteiger partial charge on any atom is 0.323 e. The number of benzene rings is 1. The zero-order chi connectivity index (χ0) is 15.8. The fraction of sp³-hybridized carbons (Fsp3) is 0.529. The number of likely N-dealkylation sites (tertiary alicyclic amines) is 1. The van der Waals surface area contributed by atoms with Crippen LogP contribution >= 0.6 is 0 Å². The highest BCUT2D eigenvalue weighted by molar-refractivity contribution is 5.81. The van der Waals surface area contributed by atoms with Gasteiger partial charge in [-0.25, -0.2) is 4.79 Å². The van der Waals surface area contributed by atoms with Gasteiger partial charge in [-0.3, -0.25) is 4.79 Å². The number of carbonyl (C=O) groups excluding carboxylic acids is 1. The van der Waals surface area contributed by atoms with Gasteiger partial charge in [-0.2, -0.15) is 0 Å². The summed E-state index contributed by atoms with van der Waals surface area (Å²) in [7, 11) is 0. The van der Waals surface area contributed by atoms with Gasteiger partial charge in [0.05, 0.1) is 11.0 Å². The third-order valence-corrected chi connectivity index (χ3v) is 4.91. The number of fused-ring (bicyclic) bond motifs is 1. The Kier molecular flexibility index (Phi) is 3.69. The van der Waals surface area contributed by atoms with Crippen molar-refractivity contribution in [3.8, 4) is 0 Å². The number of rotatable bonds is 4. The molecule has 4 rings (SSSR count). The third-order valence-electron chi connectivity index (χ3n) is 4.91. The molecule has 0 unspecified atom stereocenters. The fourth-order valence-electron chi connectivity index (χ4n) is 3.34. The predicted octanol–water partition coefficient (Wildman–Crippen LogP) is 1.35. The first-order chi connectivity index (χ1) is 11.2. The van der Waals surface area contributed by atoms with Crippen LogP contribution in [0.4, 0.5) is 0 Å². The van der Waals surface area contributed by atoms with Crippen LogP contribution in [-0.2, 0) is 11.3 Å². The minimum Gasteiger partial charge on any atom is -0.342 e. The van der Waals surface area contributed by atoms with Crippen LogP contribution in [0.25, 0.3) is 11.0 Å². The molecule has 1 aliphatic carbocycles. The second-order valence-corrected chi connectivity index (χ2v) is 6.71. The Morgan fingerprint density at radius 1 is 1.13 bits per heavy atom. The molecule has 122 valence electrons. The number of aromatic nitrogens is 2. The summed E-state index contributed by atoms with van der Waals surface area (Å²) in [6, 6.07) is 6.43. The smallest absolute Gasteiger partial charge is 0.323 e. The quantitative estimate of drug-likeness (QED) is 0.797. The zero-order valence-electron chi connectivity index (χ0n) is 13.1. The first kappa shape index (κ1) is 14.5. The summed E-state index contributed by atoms with van der Waals surface area (Å²) in [5.41, 5.74) is 2.67. The number of piperidine rings is 1. The number of carbonyl (C=O) groups is 1. The third kappa shape index (κ3) is 3.17.